The zero-order valence-electron chi connectivity index (χ0n) is 9.74. The lowest BCUT2D eigenvalue weighted by molar-refractivity contribution is 0.0929. The van der Waals surface area contributed by atoms with Gasteiger partial charge in [-0.05, 0) is 31.9 Å². The second-order valence-corrected chi connectivity index (χ2v) is 4.14. The number of amides is 1. The summed E-state index contributed by atoms with van der Waals surface area (Å²) in [5.41, 5.74) is 1.43. The van der Waals surface area contributed by atoms with Crippen molar-refractivity contribution in [2.45, 2.75) is 33.7 Å². The van der Waals surface area contributed by atoms with Crippen LogP contribution in [-0.4, -0.2) is 16.9 Å². The van der Waals surface area contributed by atoms with Gasteiger partial charge in [0.15, 0.2) is 0 Å². The van der Waals surface area contributed by atoms with Crippen molar-refractivity contribution in [3.05, 3.63) is 29.6 Å². The maximum Gasteiger partial charge on any atom is 0.253 e. The molecule has 0 aliphatic carbocycles. The number of pyridine rings is 1. The summed E-state index contributed by atoms with van der Waals surface area (Å²) in [6, 6.07) is 3.75. The van der Waals surface area contributed by atoms with E-state index < -0.39 is 0 Å². The molecule has 0 radical (unpaired) electrons. The van der Waals surface area contributed by atoms with Crippen LogP contribution in [0.4, 0.5) is 0 Å². The molecule has 1 atom stereocenters. The van der Waals surface area contributed by atoms with Crippen molar-refractivity contribution < 1.29 is 4.79 Å². The van der Waals surface area contributed by atoms with Gasteiger partial charge < -0.3 is 5.32 Å². The van der Waals surface area contributed by atoms with Crippen LogP contribution in [0.2, 0.25) is 0 Å². The second kappa shape index (κ2) is 4.91. The molecule has 0 saturated heterocycles. The molecule has 0 aromatic carbocycles. The van der Waals surface area contributed by atoms with E-state index >= 15 is 0 Å². The number of nitrogens with zero attached hydrogens (tertiary/aromatic N) is 1. The number of hydrogen-bond acceptors (Lipinski definition) is 2. The van der Waals surface area contributed by atoms with Crippen LogP contribution in [0.3, 0.4) is 0 Å². The van der Waals surface area contributed by atoms with Gasteiger partial charge in [0.25, 0.3) is 5.91 Å². The molecule has 15 heavy (non-hydrogen) atoms. The molecule has 82 valence electrons. The number of rotatable bonds is 3. The molecule has 0 fully saturated rings. The minimum absolute atomic E-state index is 0.0400. The van der Waals surface area contributed by atoms with Gasteiger partial charge >= 0.3 is 0 Å². The average Bonchev–Trinajstić information content (AvgIpc) is 2.18. The van der Waals surface area contributed by atoms with Gasteiger partial charge in [0.05, 0.1) is 5.56 Å². The van der Waals surface area contributed by atoms with Crippen molar-refractivity contribution in [2.75, 3.05) is 0 Å². The minimum Gasteiger partial charge on any atom is -0.349 e. The van der Waals surface area contributed by atoms with E-state index in [-0.39, 0.29) is 11.9 Å². The molecule has 1 unspecified atom stereocenters. The van der Waals surface area contributed by atoms with Gasteiger partial charge in [-0.1, -0.05) is 13.8 Å². The molecule has 1 N–H and O–H groups in total. The van der Waals surface area contributed by atoms with E-state index in [1.54, 1.807) is 18.3 Å². The summed E-state index contributed by atoms with van der Waals surface area (Å²) in [7, 11) is 0. The Morgan fingerprint density at radius 2 is 2.07 bits per heavy atom. The molecule has 0 spiro atoms. The maximum atomic E-state index is 11.8. The summed E-state index contributed by atoms with van der Waals surface area (Å²) >= 11 is 0. The Labute approximate surface area is 90.9 Å². The van der Waals surface area contributed by atoms with Crippen LogP contribution in [0.25, 0.3) is 0 Å². The number of hydrogen-bond donors (Lipinski definition) is 1. The molecule has 1 aromatic heterocycles. The van der Waals surface area contributed by atoms with E-state index in [1.807, 2.05) is 13.8 Å². The van der Waals surface area contributed by atoms with Crippen molar-refractivity contribution in [1.82, 2.24) is 10.3 Å². The Morgan fingerprint density at radius 1 is 1.40 bits per heavy atom. The SMILES string of the molecule is Cc1ncccc1C(=O)NC(C)C(C)C. The van der Waals surface area contributed by atoms with E-state index in [9.17, 15) is 4.79 Å². The molecule has 0 saturated carbocycles. The van der Waals surface area contributed by atoms with Crippen molar-refractivity contribution in [3.63, 3.8) is 0 Å². The fourth-order valence-electron chi connectivity index (χ4n) is 1.18. The third-order valence-electron chi connectivity index (χ3n) is 2.61. The quantitative estimate of drug-likeness (QED) is 0.823. The first kappa shape index (κ1) is 11.7. The lowest BCUT2D eigenvalue weighted by Crippen LogP contribution is -2.36. The van der Waals surface area contributed by atoms with Crippen LogP contribution in [0, 0.1) is 12.8 Å². The molecule has 1 aromatic rings. The largest absolute Gasteiger partial charge is 0.349 e. The zero-order valence-corrected chi connectivity index (χ0v) is 9.74. The van der Waals surface area contributed by atoms with Crippen molar-refractivity contribution in [2.24, 2.45) is 5.92 Å². The Hall–Kier alpha value is -1.38. The fourth-order valence-corrected chi connectivity index (χ4v) is 1.18. The highest BCUT2D eigenvalue weighted by molar-refractivity contribution is 5.95. The van der Waals surface area contributed by atoms with Crippen LogP contribution in [0.15, 0.2) is 18.3 Å². The van der Waals surface area contributed by atoms with E-state index in [0.29, 0.717) is 11.5 Å². The Balaban J connectivity index is 2.74. The van der Waals surface area contributed by atoms with E-state index in [2.05, 4.69) is 24.1 Å². The Kier molecular flexibility index (Phi) is 3.83. The first-order valence-corrected chi connectivity index (χ1v) is 5.25. The van der Waals surface area contributed by atoms with E-state index in [1.165, 1.54) is 0 Å². The van der Waals surface area contributed by atoms with Gasteiger partial charge in [0, 0.05) is 17.9 Å². The summed E-state index contributed by atoms with van der Waals surface area (Å²) in [6.45, 7) is 8.02. The topological polar surface area (TPSA) is 42.0 Å². The molecule has 3 heteroatoms. The van der Waals surface area contributed by atoms with Gasteiger partial charge in [0.1, 0.15) is 0 Å². The molecule has 1 rings (SSSR count). The number of carbonyl (C=O) groups is 1. The summed E-state index contributed by atoms with van der Waals surface area (Å²) in [6.07, 6.45) is 1.69. The molecule has 0 aliphatic heterocycles. The van der Waals surface area contributed by atoms with Crippen molar-refractivity contribution in [1.29, 1.82) is 0 Å². The van der Waals surface area contributed by atoms with Crippen molar-refractivity contribution in [3.8, 4) is 0 Å². The summed E-state index contributed by atoms with van der Waals surface area (Å²) in [5.74, 6) is 0.396. The summed E-state index contributed by atoms with van der Waals surface area (Å²) in [5, 5.41) is 2.96. The second-order valence-electron chi connectivity index (χ2n) is 4.14. The molecule has 1 amide bonds. The Morgan fingerprint density at radius 3 is 2.60 bits per heavy atom. The highest BCUT2D eigenvalue weighted by Gasteiger charge is 2.13. The van der Waals surface area contributed by atoms with Crippen LogP contribution in [0.1, 0.15) is 36.8 Å². The normalized spacial score (nSPS) is 12.6. The lowest BCUT2D eigenvalue weighted by Gasteiger charge is -2.17. The van der Waals surface area contributed by atoms with Gasteiger partial charge in [-0.15, -0.1) is 0 Å². The summed E-state index contributed by atoms with van der Waals surface area (Å²) < 4.78 is 0. The first-order chi connectivity index (χ1) is 7.02. The van der Waals surface area contributed by atoms with Gasteiger partial charge in [-0.25, -0.2) is 0 Å². The van der Waals surface area contributed by atoms with Gasteiger partial charge in [0.2, 0.25) is 0 Å². The maximum absolute atomic E-state index is 11.8. The molecular formula is C12H18N2O. The zero-order chi connectivity index (χ0) is 11.4. The predicted octanol–water partition coefficient (Wildman–Crippen LogP) is 2.16. The van der Waals surface area contributed by atoms with E-state index in [0.717, 1.165) is 5.69 Å². The number of aryl methyl sites for hydroxylation is 1. The van der Waals surface area contributed by atoms with Crippen LogP contribution >= 0.6 is 0 Å². The Bertz CT molecular complexity index is 347. The monoisotopic (exact) mass is 206 g/mol. The molecule has 3 nitrogen and oxygen atoms in total. The van der Waals surface area contributed by atoms with Crippen LogP contribution in [-0.2, 0) is 0 Å². The van der Waals surface area contributed by atoms with Crippen molar-refractivity contribution >= 4 is 5.91 Å². The summed E-state index contributed by atoms with van der Waals surface area (Å²) in [4.78, 5) is 15.9. The first-order valence-electron chi connectivity index (χ1n) is 5.25. The predicted molar refractivity (Wildman–Crippen MR) is 60.7 cm³/mol. The standard InChI is InChI=1S/C12H18N2O/c1-8(2)9(3)14-12(15)11-6-5-7-13-10(11)4/h5-9H,1-4H3,(H,14,15). The fraction of sp³-hybridized carbons (Fsp3) is 0.500. The minimum atomic E-state index is -0.0400. The smallest absolute Gasteiger partial charge is 0.253 e. The molecular weight excluding hydrogens is 188 g/mol. The number of nitrogens with one attached hydrogen (secondary N) is 1. The highest BCUT2D eigenvalue weighted by Crippen LogP contribution is 2.06. The van der Waals surface area contributed by atoms with E-state index in [4.69, 9.17) is 0 Å². The lowest BCUT2D eigenvalue weighted by atomic mass is 10.1. The third-order valence-corrected chi connectivity index (χ3v) is 2.61. The van der Waals surface area contributed by atoms with Gasteiger partial charge in [-0.2, -0.15) is 0 Å². The molecule has 1 heterocycles. The third kappa shape index (κ3) is 3.05. The number of carbonyl (C=O) groups excluding carboxylic acids is 1. The average molecular weight is 206 g/mol. The highest BCUT2D eigenvalue weighted by atomic mass is 16.1. The van der Waals surface area contributed by atoms with Crippen LogP contribution in [0.5, 0.6) is 0 Å². The molecule has 0 bridgehead atoms. The van der Waals surface area contributed by atoms with Gasteiger partial charge in [-0.3, -0.25) is 9.78 Å². The number of aromatic nitrogens is 1. The van der Waals surface area contributed by atoms with Crippen LogP contribution < -0.4 is 5.32 Å². The molecule has 0 aliphatic rings.